The van der Waals surface area contributed by atoms with Crippen molar-refractivity contribution in [3.8, 4) is 0 Å². The Morgan fingerprint density at radius 1 is 1.33 bits per heavy atom. The molecule has 1 fully saturated rings. The Kier molecular flexibility index (Phi) is 9.23. The van der Waals surface area contributed by atoms with Gasteiger partial charge in [0.1, 0.15) is 0 Å². The van der Waals surface area contributed by atoms with Gasteiger partial charge in [0.2, 0.25) is 0 Å². The molecule has 4 nitrogen and oxygen atoms in total. The van der Waals surface area contributed by atoms with Gasteiger partial charge in [0.25, 0.3) is 0 Å². The second-order valence-corrected chi connectivity index (χ2v) is 6.20. The minimum Gasteiger partial charge on any atom is -0.357 e. The van der Waals surface area contributed by atoms with Crippen molar-refractivity contribution in [2.45, 2.75) is 65.0 Å². The van der Waals surface area contributed by atoms with Crippen molar-refractivity contribution in [3.05, 3.63) is 16.1 Å². The van der Waals surface area contributed by atoms with Crippen LogP contribution in [-0.4, -0.2) is 23.5 Å². The number of halogens is 1. The minimum absolute atomic E-state index is 0. The lowest BCUT2D eigenvalue weighted by Crippen LogP contribution is -2.44. The van der Waals surface area contributed by atoms with Gasteiger partial charge in [0.05, 0.1) is 17.2 Å². The number of nitrogens with one attached hydrogen (secondary N) is 2. The van der Waals surface area contributed by atoms with Gasteiger partial charge in [-0.2, -0.15) is 0 Å². The zero-order valence-corrected chi connectivity index (χ0v) is 16.2. The molecule has 0 saturated heterocycles. The van der Waals surface area contributed by atoms with Gasteiger partial charge in [-0.1, -0.05) is 26.2 Å². The van der Waals surface area contributed by atoms with E-state index in [1.165, 1.54) is 37.1 Å². The first-order valence-electron chi connectivity index (χ1n) is 7.80. The van der Waals surface area contributed by atoms with E-state index in [0.29, 0.717) is 12.6 Å². The van der Waals surface area contributed by atoms with E-state index in [2.05, 4.69) is 39.8 Å². The zero-order chi connectivity index (χ0) is 14.2. The Balaban J connectivity index is 0.00000220. The van der Waals surface area contributed by atoms with Crippen LogP contribution in [0.1, 0.15) is 56.7 Å². The lowest BCUT2D eigenvalue weighted by molar-refractivity contribution is 0.410. The van der Waals surface area contributed by atoms with Crippen LogP contribution in [0.15, 0.2) is 10.4 Å². The Morgan fingerprint density at radius 2 is 2.10 bits per heavy atom. The molecule has 1 saturated carbocycles. The highest BCUT2D eigenvalue weighted by Crippen LogP contribution is 2.17. The SMILES string of the molecule is CCNC(=NCc1csc(CC)n1)NC1CCCCC1.I. The van der Waals surface area contributed by atoms with Crippen molar-refractivity contribution < 1.29 is 0 Å². The molecule has 0 atom stereocenters. The standard InChI is InChI=1S/C15H26N4S.HI/c1-3-14-18-13(11-20-14)10-17-15(16-4-2)19-12-8-6-5-7-9-12;/h11-12H,3-10H2,1-2H3,(H2,16,17,19);1H. The van der Waals surface area contributed by atoms with E-state index < -0.39 is 0 Å². The summed E-state index contributed by atoms with van der Waals surface area (Å²) in [5, 5.41) is 10.2. The van der Waals surface area contributed by atoms with E-state index in [0.717, 1.165) is 24.6 Å². The molecule has 120 valence electrons. The molecule has 6 heteroatoms. The van der Waals surface area contributed by atoms with E-state index in [9.17, 15) is 0 Å². The summed E-state index contributed by atoms with van der Waals surface area (Å²) in [4.78, 5) is 9.23. The molecule has 1 aromatic rings. The molecule has 2 N–H and O–H groups in total. The third-order valence-corrected chi connectivity index (χ3v) is 4.63. The molecule has 0 unspecified atom stereocenters. The molecule has 1 aromatic heterocycles. The summed E-state index contributed by atoms with van der Waals surface area (Å²) in [6.07, 6.45) is 7.59. The highest BCUT2D eigenvalue weighted by Gasteiger charge is 2.14. The topological polar surface area (TPSA) is 49.3 Å². The number of aromatic nitrogens is 1. The first kappa shape index (κ1) is 18.7. The molecular weight excluding hydrogens is 395 g/mol. The number of nitrogens with zero attached hydrogens (tertiary/aromatic N) is 2. The van der Waals surface area contributed by atoms with Crippen molar-refractivity contribution in [3.63, 3.8) is 0 Å². The summed E-state index contributed by atoms with van der Waals surface area (Å²) in [5.41, 5.74) is 1.08. The highest BCUT2D eigenvalue weighted by atomic mass is 127. The van der Waals surface area contributed by atoms with Crippen molar-refractivity contribution in [2.24, 2.45) is 4.99 Å². The van der Waals surface area contributed by atoms with E-state index in [4.69, 9.17) is 0 Å². The van der Waals surface area contributed by atoms with Crippen molar-refractivity contribution in [1.82, 2.24) is 15.6 Å². The molecule has 0 aliphatic heterocycles. The summed E-state index contributed by atoms with van der Waals surface area (Å²) in [6.45, 7) is 5.81. The van der Waals surface area contributed by atoms with Crippen molar-refractivity contribution in [2.75, 3.05) is 6.54 Å². The minimum atomic E-state index is 0. The first-order chi connectivity index (χ1) is 9.81. The van der Waals surface area contributed by atoms with Gasteiger partial charge in [0.15, 0.2) is 5.96 Å². The van der Waals surface area contributed by atoms with Crippen molar-refractivity contribution in [1.29, 1.82) is 0 Å². The van der Waals surface area contributed by atoms with E-state index in [-0.39, 0.29) is 24.0 Å². The van der Waals surface area contributed by atoms with Crippen LogP contribution in [0.5, 0.6) is 0 Å². The molecule has 1 aliphatic carbocycles. The fourth-order valence-electron chi connectivity index (χ4n) is 2.50. The predicted molar refractivity (Wildman–Crippen MR) is 102 cm³/mol. The normalized spacial score (nSPS) is 16.4. The van der Waals surface area contributed by atoms with Crippen LogP contribution >= 0.6 is 35.3 Å². The molecule has 0 bridgehead atoms. The smallest absolute Gasteiger partial charge is 0.191 e. The maximum absolute atomic E-state index is 4.66. The van der Waals surface area contributed by atoms with E-state index in [1.54, 1.807) is 11.3 Å². The zero-order valence-electron chi connectivity index (χ0n) is 13.0. The Morgan fingerprint density at radius 3 is 2.71 bits per heavy atom. The second kappa shape index (κ2) is 10.4. The molecule has 0 spiro atoms. The Labute approximate surface area is 149 Å². The van der Waals surface area contributed by atoms with Gasteiger partial charge in [-0.15, -0.1) is 35.3 Å². The van der Waals surface area contributed by atoms with Crippen LogP contribution in [0.3, 0.4) is 0 Å². The number of rotatable bonds is 5. The second-order valence-electron chi connectivity index (χ2n) is 5.26. The lowest BCUT2D eigenvalue weighted by Gasteiger charge is -2.24. The monoisotopic (exact) mass is 422 g/mol. The van der Waals surface area contributed by atoms with Gasteiger partial charge in [0, 0.05) is 18.0 Å². The van der Waals surface area contributed by atoms with Gasteiger partial charge in [-0.3, -0.25) is 0 Å². The van der Waals surface area contributed by atoms with Gasteiger partial charge >= 0.3 is 0 Å². The quantitative estimate of drug-likeness (QED) is 0.432. The first-order valence-corrected chi connectivity index (χ1v) is 8.68. The number of aliphatic imine (C=N–C) groups is 1. The molecule has 0 radical (unpaired) electrons. The van der Waals surface area contributed by atoms with Crippen LogP contribution in [0.4, 0.5) is 0 Å². The summed E-state index contributed by atoms with van der Waals surface area (Å²) in [7, 11) is 0. The van der Waals surface area contributed by atoms with Gasteiger partial charge < -0.3 is 10.6 Å². The van der Waals surface area contributed by atoms with Gasteiger partial charge in [-0.25, -0.2) is 9.98 Å². The lowest BCUT2D eigenvalue weighted by atomic mass is 9.96. The molecule has 21 heavy (non-hydrogen) atoms. The summed E-state index contributed by atoms with van der Waals surface area (Å²) in [5.74, 6) is 0.936. The maximum Gasteiger partial charge on any atom is 0.191 e. The molecule has 1 aliphatic rings. The predicted octanol–water partition coefficient (Wildman–Crippen LogP) is 3.71. The average Bonchev–Trinajstić information content (AvgIpc) is 2.94. The van der Waals surface area contributed by atoms with E-state index in [1.807, 2.05) is 0 Å². The maximum atomic E-state index is 4.66. The molecule has 0 aromatic carbocycles. The Bertz CT molecular complexity index is 427. The third kappa shape index (κ3) is 6.50. The number of hydrogen-bond donors (Lipinski definition) is 2. The van der Waals surface area contributed by atoms with Crippen LogP contribution in [0.2, 0.25) is 0 Å². The van der Waals surface area contributed by atoms with Gasteiger partial charge in [-0.05, 0) is 26.2 Å². The van der Waals surface area contributed by atoms with Crippen LogP contribution in [0, 0.1) is 0 Å². The molecular formula is C15H27IN4S. The summed E-state index contributed by atoms with van der Waals surface area (Å²) < 4.78 is 0. The fourth-order valence-corrected chi connectivity index (χ4v) is 3.24. The van der Waals surface area contributed by atoms with E-state index >= 15 is 0 Å². The van der Waals surface area contributed by atoms with Crippen LogP contribution in [0.25, 0.3) is 0 Å². The summed E-state index contributed by atoms with van der Waals surface area (Å²) in [6, 6.07) is 0.586. The molecule has 2 rings (SSSR count). The Hall–Kier alpha value is -0.370. The fraction of sp³-hybridized carbons (Fsp3) is 0.733. The highest BCUT2D eigenvalue weighted by molar-refractivity contribution is 14.0. The third-order valence-electron chi connectivity index (χ3n) is 3.59. The average molecular weight is 422 g/mol. The number of thiazole rings is 1. The number of hydrogen-bond acceptors (Lipinski definition) is 3. The van der Waals surface area contributed by atoms with Crippen LogP contribution < -0.4 is 10.6 Å². The molecule has 0 amide bonds. The number of guanidine groups is 1. The van der Waals surface area contributed by atoms with Crippen molar-refractivity contribution >= 4 is 41.3 Å². The largest absolute Gasteiger partial charge is 0.357 e. The van der Waals surface area contributed by atoms with Crippen LogP contribution in [-0.2, 0) is 13.0 Å². The number of aryl methyl sites for hydroxylation is 1. The summed E-state index contributed by atoms with van der Waals surface area (Å²) >= 11 is 1.73. The molecule has 1 heterocycles.